The van der Waals surface area contributed by atoms with E-state index in [-0.39, 0.29) is 0 Å². The van der Waals surface area contributed by atoms with Crippen LogP contribution in [-0.2, 0) is 0 Å². The van der Waals surface area contributed by atoms with E-state index in [4.69, 9.17) is 0 Å². The van der Waals surface area contributed by atoms with Crippen molar-refractivity contribution in [3.05, 3.63) is 36.8 Å². The first kappa shape index (κ1) is 10.4. The molecule has 0 bridgehead atoms. The average Bonchev–Trinajstić information content (AvgIpc) is 2.94. The van der Waals surface area contributed by atoms with Gasteiger partial charge in [-0.25, -0.2) is 9.97 Å². The van der Waals surface area contributed by atoms with Crippen molar-refractivity contribution in [3.63, 3.8) is 0 Å². The van der Waals surface area contributed by atoms with E-state index in [0.29, 0.717) is 5.92 Å². The number of hydrogen-bond acceptors (Lipinski definition) is 4. The van der Waals surface area contributed by atoms with Crippen LogP contribution in [0.3, 0.4) is 0 Å². The Hall–Kier alpha value is -1.75. The lowest BCUT2D eigenvalue weighted by Gasteiger charge is -2.21. The normalized spacial score (nSPS) is 20.4. The molecular formula is C12H15N5. The standard InChI is InChI=1S/C12H15N5/c1-2-10(6-13-3-1)11-7-16-12(8-15-11)17-5-4-14-9-17/h4-5,7-10,13H,1-3,6H2/t10-/m1/s1. The van der Waals surface area contributed by atoms with E-state index in [1.165, 1.54) is 12.8 Å². The lowest BCUT2D eigenvalue weighted by Crippen LogP contribution is -2.28. The van der Waals surface area contributed by atoms with Crippen molar-refractivity contribution in [1.29, 1.82) is 0 Å². The molecule has 0 saturated carbocycles. The molecule has 1 aliphatic rings. The SMILES string of the molecule is c1cn(-c2cnc([C@@H]3CCCNC3)cn2)cn1. The van der Waals surface area contributed by atoms with Crippen LogP contribution in [-0.4, -0.2) is 32.6 Å². The van der Waals surface area contributed by atoms with Crippen LogP contribution in [0.4, 0.5) is 0 Å². The maximum atomic E-state index is 4.51. The quantitative estimate of drug-likeness (QED) is 0.838. The summed E-state index contributed by atoms with van der Waals surface area (Å²) in [5.74, 6) is 1.32. The van der Waals surface area contributed by atoms with Crippen LogP contribution in [0.25, 0.3) is 5.82 Å². The molecule has 2 aromatic rings. The van der Waals surface area contributed by atoms with Gasteiger partial charge in [-0.1, -0.05) is 0 Å². The summed E-state index contributed by atoms with van der Waals surface area (Å²) >= 11 is 0. The van der Waals surface area contributed by atoms with Gasteiger partial charge in [0.15, 0.2) is 5.82 Å². The molecule has 2 aromatic heterocycles. The smallest absolute Gasteiger partial charge is 0.156 e. The second-order valence-corrected chi connectivity index (χ2v) is 4.31. The maximum absolute atomic E-state index is 4.51. The highest BCUT2D eigenvalue weighted by molar-refractivity contribution is 5.20. The predicted molar refractivity (Wildman–Crippen MR) is 64.0 cm³/mol. The number of hydrogen-bond donors (Lipinski definition) is 1. The number of rotatable bonds is 2. The van der Waals surface area contributed by atoms with Gasteiger partial charge in [-0.15, -0.1) is 0 Å². The summed E-state index contributed by atoms with van der Waals surface area (Å²) < 4.78 is 1.86. The molecule has 88 valence electrons. The molecule has 5 nitrogen and oxygen atoms in total. The van der Waals surface area contributed by atoms with Gasteiger partial charge in [-0.3, -0.25) is 9.55 Å². The number of nitrogens with one attached hydrogen (secondary N) is 1. The van der Waals surface area contributed by atoms with Crippen LogP contribution >= 0.6 is 0 Å². The summed E-state index contributed by atoms with van der Waals surface area (Å²) in [6.45, 7) is 2.14. The first-order valence-corrected chi connectivity index (χ1v) is 5.94. The predicted octanol–water partition coefficient (Wildman–Crippen LogP) is 1.13. The van der Waals surface area contributed by atoms with Gasteiger partial charge in [-0.05, 0) is 19.4 Å². The molecule has 1 fully saturated rings. The largest absolute Gasteiger partial charge is 0.316 e. The fourth-order valence-corrected chi connectivity index (χ4v) is 2.17. The van der Waals surface area contributed by atoms with Gasteiger partial charge in [0.1, 0.15) is 6.33 Å². The monoisotopic (exact) mass is 229 g/mol. The molecule has 0 aromatic carbocycles. The van der Waals surface area contributed by atoms with Crippen LogP contribution in [0.2, 0.25) is 0 Å². The number of piperidine rings is 1. The summed E-state index contributed by atoms with van der Waals surface area (Å²) in [6, 6.07) is 0. The molecular weight excluding hydrogens is 214 g/mol. The summed E-state index contributed by atoms with van der Waals surface area (Å²) in [4.78, 5) is 12.9. The van der Waals surface area contributed by atoms with Crippen LogP contribution in [0, 0.1) is 0 Å². The van der Waals surface area contributed by atoms with Gasteiger partial charge < -0.3 is 5.32 Å². The molecule has 1 atom stereocenters. The van der Waals surface area contributed by atoms with Gasteiger partial charge in [0.2, 0.25) is 0 Å². The van der Waals surface area contributed by atoms with Crippen molar-refractivity contribution >= 4 is 0 Å². The van der Waals surface area contributed by atoms with Crippen molar-refractivity contribution in [2.75, 3.05) is 13.1 Å². The van der Waals surface area contributed by atoms with Crippen LogP contribution in [0.15, 0.2) is 31.1 Å². The van der Waals surface area contributed by atoms with E-state index in [9.17, 15) is 0 Å². The van der Waals surface area contributed by atoms with Gasteiger partial charge in [-0.2, -0.15) is 0 Å². The van der Waals surface area contributed by atoms with E-state index >= 15 is 0 Å². The molecule has 0 spiro atoms. The Bertz CT molecular complexity index is 456. The zero-order chi connectivity index (χ0) is 11.5. The minimum atomic E-state index is 0.507. The molecule has 1 aliphatic heterocycles. The van der Waals surface area contributed by atoms with E-state index in [0.717, 1.165) is 24.6 Å². The Morgan fingerprint density at radius 2 is 2.29 bits per heavy atom. The summed E-state index contributed by atoms with van der Waals surface area (Å²) in [5.41, 5.74) is 1.08. The van der Waals surface area contributed by atoms with Gasteiger partial charge in [0.25, 0.3) is 0 Å². The maximum Gasteiger partial charge on any atom is 0.156 e. The molecule has 0 amide bonds. The van der Waals surface area contributed by atoms with Crippen LogP contribution in [0.5, 0.6) is 0 Å². The van der Waals surface area contributed by atoms with E-state index in [1.54, 1.807) is 12.5 Å². The molecule has 1 saturated heterocycles. The fourth-order valence-electron chi connectivity index (χ4n) is 2.17. The number of aromatic nitrogens is 4. The third kappa shape index (κ3) is 2.19. The van der Waals surface area contributed by atoms with Crippen LogP contribution in [0.1, 0.15) is 24.5 Å². The molecule has 0 aliphatic carbocycles. The van der Waals surface area contributed by atoms with E-state index < -0.39 is 0 Å². The molecule has 1 N–H and O–H groups in total. The van der Waals surface area contributed by atoms with Gasteiger partial charge >= 0.3 is 0 Å². The van der Waals surface area contributed by atoms with Crippen molar-refractivity contribution < 1.29 is 0 Å². The molecule has 5 heteroatoms. The second kappa shape index (κ2) is 4.63. The first-order chi connectivity index (χ1) is 8.43. The lowest BCUT2D eigenvalue weighted by atomic mass is 9.97. The zero-order valence-electron chi connectivity index (χ0n) is 9.58. The lowest BCUT2D eigenvalue weighted by molar-refractivity contribution is 0.453. The Morgan fingerprint density at radius 3 is 2.94 bits per heavy atom. The number of imidazole rings is 1. The molecule has 0 radical (unpaired) electrons. The van der Waals surface area contributed by atoms with Crippen molar-refractivity contribution in [2.45, 2.75) is 18.8 Å². The highest BCUT2D eigenvalue weighted by Crippen LogP contribution is 2.20. The Morgan fingerprint density at radius 1 is 1.29 bits per heavy atom. The Balaban J connectivity index is 1.80. The third-order valence-corrected chi connectivity index (χ3v) is 3.14. The Kier molecular flexibility index (Phi) is 2.83. The Labute approximate surface area is 99.9 Å². The summed E-state index contributed by atoms with van der Waals surface area (Å²) in [6.07, 6.45) is 11.4. The highest BCUT2D eigenvalue weighted by atomic mass is 15.1. The van der Waals surface area contributed by atoms with Crippen molar-refractivity contribution in [2.24, 2.45) is 0 Å². The minimum Gasteiger partial charge on any atom is -0.316 e. The van der Waals surface area contributed by atoms with Crippen LogP contribution < -0.4 is 5.32 Å². The van der Waals surface area contributed by atoms with E-state index in [1.807, 2.05) is 23.2 Å². The average molecular weight is 229 g/mol. The molecule has 17 heavy (non-hydrogen) atoms. The molecule has 3 rings (SSSR count). The molecule has 3 heterocycles. The highest BCUT2D eigenvalue weighted by Gasteiger charge is 2.16. The van der Waals surface area contributed by atoms with Gasteiger partial charge in [0.05, 0.1) is 18.1 Å². The van der Waals surface area contributed by atoms with E-state index in [2.05, 4.69) is 20.3 Å². The first-order valence-electron chi connectivity index (χ1n) is 5.94. The summed E-state index contributed by atoms with van der Waals surface area (Å²) in [7, 11) is 0. The van der Waals surface area contributed by atoms with Gasteiger partial charge in [0, 0.05) is 24.9 Å². The fraction of sp³-hybridized carbons (Fsp3) is 0.417. The zero-order valence-corrected chi connectivity index (χ0v) is 9.58. The molecule has 0 unspecified atom stereocenters. The third-order valence-electron chi connectivity index (χ3n) is 3.14. The van der Waals surface area contributed by atoms with Crippen molar-refractivity contribution in [3.8, 4) is 5.82 Å². The van der Waals surface area contributed by atoms with Crippen molar-refractivity contribution in [1.82, 2.24) is 24.8 Å². The topological polar surface area (TPSA) is 55.6 Å². The second-order valence-electron chi connectivity index (χ2n) is 4.31. The summed E-state index contributed by atoms with van der Waals surface area (Å²) in [5, 5.41) is 3.39. The minimum absolute atomic E-state index is 0.507. The number of nitrogens with zero attached hydrogens (tertiary/aromatic N) is 4.